The smallest absolute Gasteiger partial charge is 0.0736 e. The number of rotatable bonds is 9. The molecule has 2 heteroatoms. The van der Waals surface area contributed by atoms with E-state index in [0.29, 0.717) is 0 Å². The highest BCUT2D eigenvalue weighted by Crippen LogP contribution is 2.48. The topological polar surface area (TPSA) is 6.48 Å². The molecule has 2 aliphatic heterocycles. The lowest BCUT2D eigenvalue weighted by Gasteiger charge is -2.27. The third-order valence-corrected chi connectivity index (χ3v) is 8.61. The van der Waals surface area contributed by atoms with Gasteiger partial charge in [-0.05, 0) is 46.7 Å². The Morgan fingerprint density at radius 2 is 1.44 bits per heavy atom. The Morgan fingerprint density at radius 1 is 0.732 bits per heavy atom. The number of anilines is 2. The summed E-state index contributed by atoms with van der Waals surface area (Å²) in [6, 6.07) is 33.3. The van der Waals surface area contributed by atoms with Crippen molar-refractivity contribution in [1.82, 2.24) is 0 Å². The van der Waals surface area contributed by atoms with Crippen LogP contribution in [0.15, 0.2) is 139 Å². The fourth-order valence-corrected chi connectivity index (χ4v) is 6.53. The first-order valence-corrected chi connectivity index (χ1v) is 15.0. The van der Waals surface area contributed by atoms with Crippen LogP contribution in [-0.4, -0.2) is 6.54 Å². The fraction of sp³-hybridized carbons (Fsp3) is 0.231. The lowest BCUT2D eigenvalue weighted by molar-refractivity contribution is 0.630. The molecule has 6 rings (SSSR count). The van der Waals surface area contributed by atoms with Crippen LogP contribution in [0.2, 0.25) is 0 Å². The molecule has 0 amide bonds. The monoisotopic (exact) mass is 536 g/mol. The average Bonchev–Trinajstić information content (AvgIpc) is 3.41. The van der Waals surface area contributed by atoms with Crippen molar-refractivity contribution in [2.45, 2.75) is 51.6 Å². The van der Waals surface area contributed by atoms with Gasteiger partial charge in [0.25, 0.3) is 0 Å². The third kappa shape index (κ3) is 5.15. The van der Waals surface area contributed by atoms with Gasteiger partial charge in [0.1, 0.15) is 0 Å². The maximum Gasteiger partial charge on any atom is 0.0736 e. The standard InChI is InChI=1S/C39H40N2/c1-4-5-28-40-34(32-22-16-20-31-21-17-26-36(40)38(31)32)24-12-7-6-8-13-27-37-39(2,3)33-23-14-15-25-35(33)41(37)29-30-18-10-9-11-19-30/h6-27,34H,4-5,28-29H2,1-3H3/b7-6+,13-8+,24-12+,37-27+. The second kappa shape index (κ2) is 11.7. The van der Waals surface area contributed by atoms with Crippen LogP contribution >= 0.6 is 0 Å². The van der Waals surface area contributed by atoms with Crippen LogP contribution in [0.4, 0.5) is 11.4 Å². The number of nitrogens with zero attached hydrogens (tertiary/aromatic N) is 2. The summed E-state index contributed by atoms with van der Waals surface area (Å²) in [5.41, 5.74) is 8.06. The van der Waals surface area contributed by atoms with Crippen molar-refractivity contribution in [3.8, 4) is 0 Å². The molecule has 4 aromatic carbocycles. The van der Waals surface area contributed by atoms with Gasteiger partial charge in [-0.3, -0.25) is 0 Å². The number of para-hydroxylation sites is 1. The van der Waals surface area contributed by atoms with Gasteiger partial charge in [-0.25, -0.2) is 0 Å². The van der Waals surface area contributed by atoms with Gasteiger partial charge in [0.05, 0.1) is 6.04 Å². The zero-order chi connectivity index (χ0) is 28.2. The zero-order valence-corrected chi connectivity index (χ0v) is 24.5. The fourth-order valence-electron chi connectivity index (χ4n) is 6.53. The Hall–Kier alpha value is -4.30. The first-order valence-electron chi connectivity index (χ1n) is 15.0. The molecule has 0 aliphatic carbocycles. The Bertz CT molecular complexity index is 1630. The van der Waals surface area contributed by atoms with Crippen LogP contribution in [0.1, 0.15) is 56.3 Å². The summed E-state index contributed by atoms with van der Waals surface area (Å²) < 4.78 is 0. The van der Waals surface area contributed by atoms with Crippen molar-refractivity contribution in [2.75, 3.05) is 16.3 Å². The molecular weight excluding hydrogens is 496 g/mol. The van der Waals surface area contributed by atoms with Crippen molar-refractivity contribution in [3.05, 3.63) is 156 Å². The molecule has 0 saturated carbocycles. The number of hydrogen-bond acceptors (Lipinski definition) is 2. The van der Waals surface area contributed by atoms with E-state index in [-0.39, 0.29) is 11.5 Å². The van der Waals surface area contributed by atoms with Gasteiger partial charge in [-0.15, -0.1) is 0 Å². The second-order valence-corrected chi connectivity index (χ2v) is 11.6. The van der Waals surface area contributed by atoms with Crippen molar-refractivity contribution in [2.24, 2.45) is 0 Å². The van der Waals surface area contributed by atoms with E-state index in [1.54, 1.807) is 0 Å². The van der Waals surface area contributed by atoms with E-state index >= 15 is 0 Å². The SMILES string of the molecule is CCCCN1c2cccc3cccc(c23)C1/C=C/C=C/C=C/C=C1/N(Cc2ccccc2)c2ccccc2C1(C)C. The Labute approximate surface area is 245 Å². The number of fused-ring (bicyclic) bond motifs is 1. The summed E-state index contributed by atoms with van der Waals surface area (Å²) in [4.78, 5) is 5.05. The summed E-state index contributed by atoms with van der Waals surface area (Å²) >= 11 is 0. The molecule has 0 spiro atoms. The number of hydrogen-bond donors (Lipinski definition) is 0. The van der Waals surface area contributed by atoms with Gasteiger partial charge in [-0.2, -0.15) is 0 Å². The summed E-state index contributed by atoms with van der Waals surface area (Å²) in [6.45, 7) is 8.88. The van der Waals surface area contributed by atoms with E-state index in [1.807, 2.05) is 0 Å². The van der Waals surface area contributed by atoms with Crippen molar-refractivity contribution < 1.29 is 0 Å². The molecule has 0 saturated heterocycles. The first-order chi connectivity index (χ1) is 20.1. The lowest BCUT2D eigenvalue weighted by atomic mass is 9.84. The molecule has 206 valence electrons. The molecule has 1 atom stereocenters. The molecule has 2 aliphatic rings. The normalized spacial score (nSPS) is 18.6. The summed E-state index contributed by atoms with van der Waals surface area (Å²) in [7, 11) is 0. The largest absolute Gasteiger partial charge is 0.360 e. The quantitative estimate of drug-likeness (QED) is 0.196. The molecule has 1 unspecified atom stereocenters. The van der Waals surface area contributed by atoms with Gasteiger partial charge < -0.3 is 9.80 Å². The van der Waals surface area contributed by atoms with E-state index in [4.69, 9.17) is 0 Å². The van der Waals surface area contributed by atoms with E-state index < -0.39 is 0 Å². The number of benzene rings is 4. The molecule has 2 nitrogen and oxygen atoms in total. The van der Waals surface area contributed by atoms with Gasteiger partial charge in [0.2, 0.25) is 0 Å². The van der Waals surface area contributed by atoms with Crippen LogP contribution in [0, 0.1) is 0 Å². The molecule has 0 fully saturated rings. The van der Waals surface area contributed by atoms with E-state index in [0.717, 1.165) is 13.1 Å². The van der Waals surface area contributed by atoms with Gasteiger partial charge >= 0.3 is 0 Å². The number of allylic oxidation sites excluding steroid dienone is 7. The number of unbranched alkanes of at least 4 members (excludes halogenated alkanes) is 1. The summed E-state index contributed by atoms with van der Waals surface area (Å²) in [5, 5.41) is 2.75. The molecule has 0 N–H and O–H groups in total. The van der Waals surface area contributed by atoms with Crippen molar-refractivity contribution >= 4 is 22.1 Å². The zero-order valence-electron chi connectivity index (χ0n) is 24.5. The van der Waals surface area contributed by atoms with Gasteiger partial charge in [-0.1, -0.05) is 143 Å². The Kier molecular flexibility index (Phi) is 7.65. The maximum absolute atomic E-state index is 2.58. The van der Waals surface area contributed by atoms with Crippen molar-refractivity contribution in [1.29, 1.82) is 0 Å². The molecule has 41 heavy (non-hydrogen) atoms. The van der Waals surface area contributed by atoms with Crippen LogP contribution in [-0.2, 0) is 12.0 Å². The molecule has 0 radical (unpaired) electrons. The van der Waals surface area contributed by atoms with E-state index in [2.05, 4.69) is 164 Å². The minimum Gasteiger partial charge on any atom is -0.360 e. The minimum absolute atomic E-state index is 0.0558. The van der Waals surface area contributed by atoms with Crippen molar-refractivity contribution in [3.63, 3.8) is 0 Å². The highest BCUT2D eigenvalue weighted by Gasteiger charge is 2.39. The summed E-state index contributed by atoms with van der Waals surface area (Å²) in [6.07, 6.45) is 17.9. The molecule has 4 aromatic rings. The predicted molar refractivity (Wildman–Crippen MR) is 177 cm³/mol. The Morgan fingerprint density at radius 3 is 2.27 bits per heavy atom. The molecular formula is C39H40N2. The maximum atomic E-state index is 2.58. The molecule has 0 aromatic heterocycles. The predicted octanol–water partition coefficient (Wildman–Crippen LogP) is 10.1. The molecule has 2 heterocycles. The first kappa shape index (κ1) is 26.9. The van der Waals surface area contributed by atoms with E-state index in [9.17, 15) is 0 Å². The highest BCUT2D eigenvalue weighted by molar-refractivity contribution is 6.01. The minimum atomic E-state index is -0.0558. The Balaban J connectivity index is 1.20. The van der Waals surface area contributed by atoms with Crippen LogP contribution in [0.5, 0.6) is 0 Å². The summed E-state index contributed by atoms with van der Waals surface area (Å²) in [5.74, 6) is 0. The average molecular weight is 537 g/mol. The molecule has 0 bridgehead atoms. The van der Waals surface area contributed by atoms with Crippen LogP contribution in [0.25, 0.3) is 10.8 Å². The van der Waals surface area contributed by atoms with E-state index in [1.165, 1.54) is 57.4 Å². The van der Waals surface area contributed by atoms with Crippen LogP contribution < -0.4 is 9.80 Å². The highest BCUT2D eigenvalue weighted by atomic mass is 15.2. The van der Waals surface area contributed by atoms with Gasteiger partial charge in [0, 0.05) is 41.0 Å². The van der Waals surface area contributed by atoms with Crippen LogP contribution in [0.3, 0.4) is 0 Å². The second-order valence-electron chi connectivity index (χ2n) is 11.6. The van der Waals surface area contributed by atoms with Gasteiger partial charge in [0.15, 0.2) is 0 Å². The lowest BCUT2D eigenvalue weighted by Crippen LogP contribution is -2.25. The third-order valence-electron chi connectivity index (χ3n) is 8.61.